The molecular formula is C23H22F3N3O. The van der Waals surface area contributed by atoms with Crippen LogP contribution in [-0.2, 0) is 0 Å². The first-order valence-corrected chi connectivity index (χ1v) is 9.45. The number of pyridine rings is 1. The predicted octanol–water partition coefficient (Wildman–Crippen LogP) is 6.36. The number of nitrogens with one attached hydrogen (secondary N) is 2. The summed E-state index contributed by atoms with van der Waals surface area (Å²) in [4.78, 5) is 4.38. The SMILES string of the molecule is CCC=C(NC)c1cccc(-c2ccc(Nc3cccc(OC(F)(F)F)c3)nc2)c1. The summed E-state index contributed by atoms with van der Waals surface area (Å²) in [5, 5.41) is 6.19. The molecule has 0 spiro atoms. The molecule has 0 fully saturated rings. The molecule has 2 aromatic carbocycles. The summed E-state index contributed by atoms with van der Waals surface area (Å²) in [5.41, 5.74) is 4.54. The summed E-state index contributed by atoms with van der Waals surface area (Å²) >= 11 is 0. The molecule has 3 rings (SSSR count). The molecule has 1 aromatic heterocycles. The van der Waals surface area contributed by atoms with Gasteiger partial charge in [-0.05, 0) is 47.9 Å². The van der Waals surface area contributed by atoms with Crippen LogP contribution in [0.25, 0.3) is 16.8 Å². The Morgan fingerprint density at radius 2 is 1.83 bits per heavy atom. The Morgan fingerprint density at radius 3 is 2.50 bits per heavy atom. The summed E-state index contributed by atoms with van der Waals surface area (Å²) in [6.45, 7) is 2.09. The Morgan fingerprint density at radius 1 is 1.03 bits per heavy atom. The standard InChI is InChI=1S/C23H22F3N3O/c1-3-6-21(27-2)17-8-4-7-16(13-17)18-11-12-22(28-15-18)29-19-9-5-10-20(14-19)30-23(24,25)26/h4-15,27H,3H2,1-2H3,(H,28,29). The highest BCUT2D eigenvalue weighted by Crippen LogP contribution is 2.27. The highest BCUT2D eigenvalue weighted by Gasteiger charge is 2.31. The molecule has 0 unspecified atom stereocenters. The first-order valence-electron chi connectivity index (χ1n) is 9.45. The predicted molar refractivity (Wildman–Crippen MR) is 113 cm³/mol. The van der Waals surface area contributed by atoms with Gasteiger partial charge in [-0.15, -0.1) is 13.2 Å². The lowest BCUT2D eigenvalue weighted by Crippen LogP contribution is -2.17. The average molecular weight is 413 g/mol. The maximum atomic E-state index is 12.4. The Hall–Kier alpha value is -3.48. The van der Waals surface area contributed by atoms with E-state index >= 15 is 0 Å². The second-order valence-corrected chi connectivity index (χ2v) is 6.49. The van der Waals surface area contributed by atoms with Gasteiger partial charge in [0.05, 0.1) is 0 Å². The molecular weight excluding hydrogens is 391 g/mol. The Balaban J connectivity index is 1.76. The van der Waals surface area contributed by atoms with Gasteiger partial charge in [0, 0.05) is 36.3 Å². The molecule has 0 saturated carbocycles. The highest BCUT2D eigenvalue weighted by molar-refractivity contribution is 5.72. The van der Waals surface area contributed by atoms with Crippen LogP contribution in [0.15, 0.2) is 72.9 Å². The van der Waals surface area contributed by atoms with Crippen molar-refractivity contribution in [3.63, 3.8) is 0 Å². The minimum Gasteiger partial charge on any atom is -0.406 e. The van der Waals surface area contributed by atoms with Crippen molar-refractivity contribution in [2.24, 2.45) is 0 Å². The minimum absolute atomic E-state index is 0.290. The van der Waals surface area contributed by atoms with E-state index in [1.807, 2.05) is 31.3 Å². The normalized spacial score (nSPS) is 11.8. The van der Waals surface area contributed by atoms with Crippen LogP contribution in [0.3, 0.4) is 0 Å². The second-order valence-electron chi connectivity index (χ2n) is 6.49. The number of nitrogens with zero attached hydrogens (tertiary/aromatic N) is 1. The molecule has 0 atom stereocenters. The molecule has 0 aliphatic rings. The number of allylic oxidation sites excluding steroid dienone is 1. The van der Waals surface area contributed by atoms with Gasteiger partial charge in [0.25, 0.3) is 0 Å². The fraction of sp³-hybridized carbons (Fsp3) is 0.174. The monoisotopic (exact) mass is 413 g/mol. The van der Waals surface area contributed by atoms with Gasteiger partial charge in [-0.25, -0.2) is 4.98 Å². The van der Waals surface area contributed by atoms with Crippen LogP contribution in [0.5, 0.6) is 5.75 Å². The van der Waals surface area contributed by atoms with Crippen LogP contribution >= 0.6 is 0 Å². The molecule has 2 N–H and O–H groups in total. The topological polar surface area (TPSA) is 46.2 Å². The molecule has 0 aliphatic heterocycles. The van der Waals surface area contributed by atoms with Crippen LogP contribution in [0, 0.1) is 0 Å². The van der Waals surface area contributed by atoms with Gasteiger partial charge in [-0.2, -0.15) is 0 Å². The average Bonchev–Trinajstić information content (AvgIpc) is 2.72. The van der Waals surface area contributed by atoms with Gasteiger partial charge in [-0.1, -0.05) is 37.3 Å². The molecule has 7 heteroatoms. The Bertz CT molecular complexity index is 1010. The number of benzene rings is 2. The van der Waals surface area contributed by atoms with E-state index in [1.165, 1.54) is 18.2 Å². The highest BCUT2D eigenvalue weighted by atomic mass is 19.4. The lowest BCUT2D eigenvalue weighted by atomic mass is 10.0. The zero-order valence-corrected chi connectivity index (χ0v) is 16.6. The van der Waals surface area contributed by atoms with Crippen molar-refractivity contribution in [1.82, 2.24) is 10.3 Å². The van der Waals surface area contributed by atoms with Crippen LogP contribution < -0.4 is 15.4 Å². The summed E-state index contributed by atoms with van der Waals surface area (Å²) < 4.78 is 41.1. The van der Waals surface area contributed by atoms with Gasteiger partial charge >= 0.3 is 6.36 Å². The number of aromatic nitrogens is 1. The molecule has 1 heterocycles. The maximum Gasteiger partial charge on any atom is 0.573 e. The van der Waals surface area contributed by atoms with Crippen molar-refractivity contribution in [2.45, 2.75) is 19.7 Å². The van der Waals surface area contributed by atoms with E-state index in [2.05, 4.69) is 39.4 Å². The fourth-order valence-electron chi connectivity index (χ4n) is 2.99. The van der Waals surface area contributed by atoms with E-state index in [-0.39, 0.29) is 5.75 Å². The number of ether oxygens (including phenoxy) is 1. The van der Waals surface area contributed by atoms with Gasteiger partial charge in [0.15, 0.2) is 0 Å². The number of halogens is 3. The van der Waals surface area contributed by atoms with Crippen molar-refractivity contribution < 1.29 is 17.9 Å². The Kier molecular flexibility index (Phi) is 6.61. The van der Waals surface area contributed by atoms with Crippen LogP contribution in [0.4, 0.5) is 24.7 Å². The number of anilines is 2. The third kappa shape index (κ3) is 5.76. The third-order valence-corrected chi connectivity index (χ3v) is 4.29. The molecule has 0 amide bonds. The third-order valence-electron chi connectivity index (χ3n) is 4.29. The zero-order chi connectivity index (χ0) is 21.6. The fourth-order valence-corrected chi connectivity index (χ4v) is 2.99. The van der Waals surface area contributed by atoms with E-state index in [9.17, 15) is 13.2 Å². The summed E-state index contributed by atoms with van der Waals surface area (Å²) in [6.07, 6.45) is 0.0468. The summed E-state index contributed by atoms with van der Waals surface area (Å²) in [7, 11) is 1.89. The molecule has 3 aromatic rings. The van der Waals surface area contributed by atoms with E-state index in [4.69, 9.17) is 0 Å². The molecule has 0 saturated heterocycles. The molecule has 0 bridgehead atoms. The van der Waals surface area contributed by atoms with Gasteiger partial charge in [0.2, 0.25) is 0 Å². The number of rotatable bonds is 7. The summed E-state index contributed by atoms with van der Waals surface area (Å²) in [6, 6.07) is 17.4. The van der Waals surface area contributed by atoms with E-state index < -0.39 is 6.36 Å². The van der Waals surface area contributed by atoms with Gasteiger partial charge < -0.3 is 15.4 Å². The second kappa shape index (κ2) is 9.35. The number of alkyl halides is 3. The van der Waals surface area contributed by atoms with Crippen LogP contribution in [-0.4, -0.2) is 18.4 Å². The first kappa shape index (κ1) is 21.2. The van der Waals surface area contributed by atoms with Gasteiger partial charge in [0.1, 0.15) is 11.6 Å². The lowest BCUT2D eigenvalue weighted by molar-refractivity contribution is -0.274. The smallest absolute Gasteiger partial charge is 0.406 e. The largest absolute Gasteiger partial charge is 0.573 e. The molecule has 4 nitrogen and oxygen atoms in total. The molecule has 0 radical (unpaired) electrons. The van der Waals surface area contributed by atoms with E-state index in [0.717, 1.165) is 28.8 Å². The van der Waals surface area contributed by atoms with Crippen LogP contribution in [0.1, 0.15) is 18.9 Å². The lowest BCUT2D eigenvalue weighted by Gasteiger charge is -2.12. The number of hydrogen-bond donors (Lipinski definition) is 2. The van der Waals surface area contributed by atoms with E-state index in [1.54, 1.807) is 18.3 Å². The molecule has 156 valence electrons. The van der Waals surface area contributed by atoms with Crippen molar-refractivity contribution in [3.05, 3.63) is 78.5 Å². The maximum absolute atomic E-state index is 12.4. The van der Waals surface area contributed by atoms with Gasteiger partial charge in [-0.3, -0.25) is 0 Å². The van der Waals surface area contributed by atoms with Crippen molar-refractivity contribution in [3.8, 4) is 16.9 Å². The zero-order valence-electron chi connectivity index (χ0n) is 16.6. The van der Waals surface area contributed by atoms with Crippen molar-refractivity contribution in [2.75, 3.05) is 12.4 Å². The molecule has 30 heavy (non-hydrogen) atoms. The summed E-state index contributed by atoms with van der Waals surface area (Å²) in [5.74, 6) is 0.224. The van der Waals surface area contributed by atoms with Crippen molar-refractivity contribution in [1.29, 1.82) is 0 Å². The Labute approximate surface area is 173 Å². The number of hydrogen-bond acceptors (Lipinski definition) is 4. The van der Waals surface area contributed by atoms with Crippen LogP contribution in [0.2, 0.25) is 0 Å². The van der Waals surface area contributed by atoms with E-state index in [0.29, 0.717) is 11.5 Å². The quantitative estimate of drug-likeness (QED) is 0.473. The minimum atomic E-state index is -4.73. The first-order chi connectivity index (χ1) is 14.4. The molecule has 0 aliphatic carbocycles. The van der Waals surface area contributed by atoms with Crippen molar-refractivity contribution >= 4 is 17.2 Å².